The van der Waals surface area contributed by atoms with Crippen molar-refractivity contribution in [1.82, 2.24) is 0 Å². The van der Waals surface area contributed by atoms with Gasteiger partial charge >= 0.3 is 5.97 Å². The lowest BCUT2D eigenvalue weighted by molar-refractivity contribution is -0.163. The summed E-state index contributed by atoms with van der Waals surface area (Å²) in [6, 6.07) is 16.0. The molecule has 0 aliphatic heterocycles. The zero-order valence-corrected chi connectivity index (χ0v) is 20.9. The first-order chi connectivity index (χ1) is 14.2. The summed E-state index contributed by atoms with van der Waals surface area (Å²) in [5, 5.41) is 0.761. The normalized spacial score (nSPS) is 12.1. The summed E-state index contributed by atoms with van der Waals surface area (Å²) in [7, 11) is 0. The topological polar surface area (TPSA) is 35.5 Å². The van der Waals surface area contributed by atoms with E-state index in [1.165, 1.54) is 0 Å². The summed E-state index contributed by atoms with van der Waals surface area (Å²) in [5.41, 5.74) is 1.17. The van der Waals surface area contributed by atoms with Gasteiger partial charge in [0.2, 0.25) is 0 Å². The van der Waals surface area contributed by atoms with Crippen LogP contribution in [0.15, 0.2) is 48.5 Å². The second-order valence-corrected chi connectivity index (χ2v) is 11.2. The SMILES string of the molecule is CCSC(SCC)(c1ccc(OC(C)(C)C(=O)OC(C)C)cc1)c1ccccc1Cl. The van der Waals surface area contributed by atoms with Gasteiger partial charge in [0, 0.05) is 10.6 Å². The molecule has 0 N–H and O–H groups in total. The van der Waals surface area contributed by atoms with Crippen LogP contribution in [0.1, 0.15) is 52.7 Å². The van der Waals surface area contributed by atoms with Crippen molar-refractivity contribution in [1.29, 1.82) is 0 Å². The minimum atomic E-state index is -1.07. The van der Waals surface area contributed by atoms with Crippen molar-refractivity contribution in [3.8, 4) is 5.75 Å². The number of halogens is 1. The van der Waals surface area contributed by atoms with E-state index in [4.69, 9.17) is 21.1 Å². The van der Waals surface area contributed by atoms with Crippen LogP contribution in [0.2, 0.25) is 5.02 Å². The average molecular weight is 467 g/mol. The zero-order valence-electron chi connectivity index (χ0n) is 18.5. The summed E-state index contributed by atoms with van der Waals surface area (Å²) in [4.78, 5) is 12.3. The highest BCUT2D eigenvalue weighted by Gasteiger charge is 2.37. The van der Waals surface area contributed by atoms with Crippen LogP contribution in [0.25, 0.3) is 0 Å². The zero-order chi connectivity index (χ0) is 22.4. The summed E-state index contributed by atoms with van der Waals surface area (Å²) >= 11 is 10.3. The van der Waals surface area contributed by atoms with Crippen molar-refractivity contribution in [2.24, 2.45) is 0 Å². The van der Waals surface area contributed by atoms with Crippen molar-refractivity contribution < 1.29 is 14.3 Å². The summed E-state index contributed by atoms with van der Waals surface area (Å²) in [5.74, 6) is 2.14. The number of carbonyl (C=O) groups excluding carboxylic acids is 1. The summed E-state index contributed by atoms with van der Waals surface area (Å²) in [6.07, 6.45) is -0.184. The number of carbonyl (C=O) groups is 1. The molecule has 30 heavy (non-hydrogen) atoms. The third-order valence-electron chi connectivity index (χ3n) is 4.37. The molecule has 164 valence electrons. The van der Waals surface area contributed by atoms with Crippen molar-refractivity contribution in [3.05, 3.63) is 64.7 Å². The van der Waals surface area contributed by atoms with Crippen LogP contribution < -0.4 is 4.74 Å². The molecule has 0 aliphatic rings. The number of hydrogen-bond donors (Lipinski definition) is 0. The maximum Gasteiger partial charge on any atom is 0.350 e. The molecule has 2 aromatic rings. The highest BCUT2D eigenvalue weighted by Crippen LogP contribution is 2.53. The van der Waals surface area contributed by atoms with E-state index in [1.54, 1.807) is 13.8 Å². The Morgan fingerprint density at radius 2 is 1.57 bits per heavy atom. The fourth-order valence-corrected chi connectivity index (χ4v) is 6.60. The standard InChI is InChI=1S/C24H31ClO3S2/c1-7-29-24(30-8-2,20-11-9-10-12-21(20)25)18-13-15-19(16-14-18)28-23(5,6)22(26)27-17(3)4/h9-17H,7-8H2,1-6H3. The van der Waals surface area contributed by atoms with E-state index >= 15 is 0 Å². The second kappa shape index (κ2) is 10.8. The first-order valence-electron chi connectivity index (χ1n) is 10.2. The van der Waals surface area contributed by atoms with Gasteiger partial charge < -0.3 is 9.47 Å². The molecule has 2 aromatic carbocycles. The molecule has 0 heterocycles. The number of benzene rings is 2. The Kier molecular flexibility index (Phi) is 9.01. The molecular formula is C24H31ClO3S2. The lowest BCUT2D eigenvalue weighted by Gasteiger charge is -2.34. The van der Waals surface area contributed by atoms with Gasteiger partial charge in [-0.05, 0) is 63.0 Å². The second-order valence-electron chi connectivity index (χ2n) is 7.55. The molecule has 6 heteroatoms. The van der Waals surface area contributed by atoms with Crippen LogP contribution in [0.4, 0.5) is 0 Å². The summed E-state index contributed by atoms with van der Waals surface area (Å²) < 4.78 is 11.0. The Hall–Kier alpha value is -1.30. The van der Waals surface area contributed by atoms with Gasteiger partial charge in [0.05, 0.1) is 6.10 Å². The van der Waals surface area contributed by atoms with Crippen LogP contribution in [0.3, 0.4) is 0 Å². The number of esters is 1. The molecule has 0 unspecified atom stereocenters. The minimum absolute atomic E-state index is 0.184. The number of hydrogen-bond acceptors (Lipinski definition) is 5. The molecule has 2 rings (SSSR count). The van der Waals surface area contributed by atoms with E-state index in [9.17, 15) is 4.79 Å². The molecule has 0 saturated heterocycles. The van der Waals surface area contributed by atoms with Gasteiger partial charge in [0.15, 0.2) is 5.60 Å². The van der Waals surface area contributed by atoms with Crippen LogP contribution in [-0.2, 0) is 13.6 Å². The highest BCUT2D eigenvalue weighted by atomic mass is 35.5. The van der Waals surface area contributed by atoms with E-state index in [-0.39, 0.29) is 16.2 Å². The third-order valence-corrected chi connectivity index (χ3v) is 7.70. The van der Waals surface area contributed by atoms with Gasteiger partial charge in [-0.1, -0.05) is 55.8 Å². The Bertz CT molecular complexity index is 829. The number of rotatable bonds is 10. The van der Waals surface area contributed by atoms with Crippen LogP contribution >= 0.6 is 35.1 Å². The van der Waals surface area contributed by atoms with E-state index in [1.807, 2.05) is 67.7 Å². The van der Waals surface area contributed by atoms with E-state index in [0.29, 0.717) is 5.75 Å². The van der Waals surface area contributed by atoms with Crippen molar-refractivity contribution in [2.75, 3.05) is 11.5 Å². The Morgan fingerprint density at radius 3 is 2.07 bits per heavy atom. The largest absolute Gasteiger partial charge is 0.476 e. The molecule has 0 atom stereocenters. The van der Waals surface area contributed by atoms with E-state index in [0.717, 1.165) is 27.7 Å². The molecule has 0 radical (unpaired) electrons. The van der Waals surface area contributed by atoms with Gasteiger partial charge in [-0.15, -0.1) is 23.5 Å². The molecule has 3 nitrogen and oxygen atoms in total. The molecular weight excluding hydrogens is 436 g/mol. The Labute approximate surface area is 194 Å². The Morgan fingerprint density at radius 1 is 1.00 bits per heavy atom. The smallest absolute Gasteiger partial charge is 0.350 e. The quantitative estimate of drug-likeness (QED) is 0.274. The molecule has 0 spiro atoms. The molecule has 0 aromatic heterocycles. The van der Waals surface area contributed by atoms with Crippen molar-refractivity contribution in [3.63, 3.8) is 0 Å². The van der Waals surface area contributed by atoms with Gasteiger partial charge in [-0.25, -0.2) is 4.79 Å². The van der Waals surface area contributed by atoms with Gasteiger partial charge in [-0.3, -0.25) is 0 Å². The Balaban J connectivity index is 2.39. The molecule has 0 bridgehead atoms. The highest BCUT2D eigenvalue weighted by molar-refractivity contribution is 8.17. The van der Waals surface area contributed by atoms with Gasteiger partial charge in [-0.2, -0.15) is 0 Å². The number of ether oxygens (including phenoxy) is 2. The number of thioether (sulfide) groups is 2. The first kappa shape index (κ1) is 25.0. The molecule has 0 amide bonds. The maximum atomic E-state index is 12.3. The predicted octanol–water partition coefficient (Wildman–Crippen LogP) is 7.16. The molecule has 0 aliphatic carbocycles. The van der Waals surface area contributed by atoms with Crippen molar-refractivity contribution in [2.45, 2.75) is 57.3 Å². The van der Waals surface area contributed by atoms with Gasteiger partial charge in [0.1, 0.15) is 9.83 Å². The van der Waals surface area contributed by atoms with Crippen molar-refractivity contribution >= 4 is 41.1 Å². The van der Waals surface area contributed by atoms with E-state index < -0.39 is 5.60 Å². The maximum absolute atomic E-state index is 12.3. The van der Waals surface area contributed by atoms with Crippen LogP contribution in [-0.4, -0.2) is 29.2 Å². The predicted molar refractivity (Wildman–Crippen MR) is 131 cm³/mol. The van der Waals surface area contributed by atoms with Crippen LogP contribution in [0.5, 0.6) is 5.75 Å². The fraction of sp³-hybridized carbons (Fsp3) is 0.458. The fourth-order valence-electron chi connectivity index (χ4n) is 3.09. The van der Waals surface area contributed by atoms with Crippen LogP contribution in [0, 0.1) is 0 Å². The first-order valence-corrected chi connectivity index (χ1v) is 12.5. The monoisotopic (exact) mass is 466 g/mol. The third kappa shape index (κ3) is 5.89. The molecule has 0 saturated carbocycles. The summed E-state index contributed by atoms with van der Waals surface area (Å²) in [6.45, 7) is 11.4. The van der Waals surface area contributed by atoms with E-state index in [2.05, 4.69) is 32.0 Å². The van der Waals surface area contributed by atoms with Gasteiger partial charge in [0.25, 0.3) is 0 Å². The molecule has 0 fully saturated rings. The average Bonchev–Trinajstić information content (AvgIpc) is 2.68. The minimum Gasteiger partial charge on any atom is -0.476 e. The lowest BCUT2D eigenvalue weighted by atomic mass is 10.0. The lowest BCUT2D eigenvalue weighted by Crippen LogP contribution is -2.40.